The zero-order valence-electron chi connectivity index (χ0n) is 10.3. The van der Waals surface area contributed by atoms with Crippen molar-refractivity contribution in [1.82, 2.24) is 9.96 Å². The first kappa shape index (κ1) is 12.8. The number of hydrogen-bond acceptors (Lipinski definition) is 3. The fourth-order valence-corrected chi connectivity index (χ4v) is 2.95. The van der Waals surface area contributed by atoms with Gasteiger partial charge in [-0.2, -0.15) is 0 Å². The zero-order chi connectivity index (χ0) is 12.8. The molecule has 6 heteroatoms. The SMILES string of the molecule is CON1C(=O)[C@@H]2CCCN2C(=O)[C@@](C)(Br)[C@@H]1C. The third kappa shape index (κ3) is 1.78. The Labute approximate surface area is 109 Å². The van der Waals surface area contributed by atoms with Gasteiger partial charge in [0.25, 0.3) is 5.91 Å². The maximum absolute atomic E-state index is 12.4. The van der Waals surface area contributed by atoms with Crippen molar-refractivity contribution in [3.8, 4) is 0 Å². The van der Waals surface area contributed by atoms with Crippen molar-refractivity contribution in [2.24, 2.45) is 0 Å². The van der Waals surface area contributed by atoms with Gasteiger partial charge in [-0.25, -0.2) is 5.06 Å². The van der Waals surface area contributed by atoms with Crippen molar-refractivity contribution in [1.29, 1.82) is 0 Å². The monoisotopic (exact) mass is 304 g/mol. The molecule has 0 unspecified atom stereocenters. The van der Waals surface area contributed by atoms with Crippen LogP contribution in [0.2, 0.25) is 0 Å². The molecule has 0 N–H and O–H groups in total. The predicted molar refractivity (Wildman–Crippen MR) is 65.4 cm³/mol. The van der Waals surface area contributed by atoms with Crippen LogP contribution in [0.25, 0.3) is 0 Å². The van der Waals surface area contributed by atoms with E-state index in [1.165, 1.54) is 12.2 Å². The molecule has 0 spiro atoms. The van der Waals surface area contributed by atoms with E-state index in [1.807, 2.05) is 6.92 Å². The summed E-state index contributed by atoms with van der Waals surface area (Å²) in [6.07, 6.45) is 1.59. The molecule has 2 aliphatic heterocycles. The summed E-state index contributed by atoms with van der Waals surface area (Å²) in [7, 11) is 1.46. The summed E-state index contributed by atoms with van der Waals surface area (Å²) in [5.41, 5.74) is 0. The number of rotatable bonds is 1. The van der Waals surface area contributed by atoms with E-state index < -0.39 is 4.32 Å². The second-order valence-electron chi connectivity index (χ2n) is 4.75. The van der Waals surface area contributed by atoms with Crippen LogP contribution in [-0.2, 0) is 14.4 Å². The van der Waals surface area contributed by atoms with E-state index in [-0.39, 0.29) is 23.9 Å². The highest BCUT2D eigenvalue weighted by molar-refractivity contribution is 9.10. The number of hydrogen-bond donors (Lipinski definition) is 0. The molecular weight excluding hydrogens is 288 g/mol. The van der Waals surface area contributed by atoms with Crippen LogP contribution in [0.5, 0.6) is 0 Å². The average molecular weight is 305 g/mol. The molecule has 0 aromatic carbocycles. The maximum atomic E-state index is 12.4. The van der Waals surface area contributed by atoms with Gasteiger partial charge < -0.3 is 4.90 Å². The predicted octanol–water partition coefficient (Wildman–Crippen LogP) is 0.923. The van der Waals surface area contributed by atoms with Crippen LogP contribution < -0.4 is 0 Å². The van der Waals surface area contributed by atoms with E-state index >= 15 is 0 Å². The molecule has 0 aromatic heterocycles. The largest absolute Gasteiger partial charge is 0.329 e. The van der Waals surface area contributed by atoms with Gasteiger partial charge in [-0.1, -0.05) is 15.9 Å². The summed E-state index contributed by atoms with van der Waals surface area (Å²) in [6.45, 7) is 4.26. The van der Waals surface area contributed by atoms with E-state index in [9.17, 15) is 9.59 Å². The van der Waals surface area contributed by atoms with E-state index in [4.69, 9.17) is 4.84 Å². The average Bonchev–Trinajstić information content (AvgIpc) is 2.74. The highest BCUT2D eigenvalue weighted by atomic mass is 79.9. The molecule has 0 radical (unpaired) electrons. The molecule has 2 heterocycles. The van der Waals surface area contributed by atoms with Gasteiger partial charge in [-0.05, 0) is 26.7 Å². The number of amides is 2. The smallest absolute Gasteiger partial charge is 0.269 e. The van der Waals surface area contributed by atoms with Crippen LogP contribution in [-0.4, -0.2) is 51.8 Å². The van der Waals surface area contributed by atoms with Crippen molar-refractivity contribution in [2.75, 3.05) is 13.7 Å². The highest BCUT2D eigenvalue weighted by Crippen LogP contribution is 2.36. The minimum absolute atomic E-state index is 0.0274. The number of hydroxylamine groups is 2. The highest BCUT2D eigenvalue weighted by Gasteiger charge is 2.52. The molecule has 0 saturated carbocycles. The van der Waals surface area contributed by atoms with Gasteiger partial charge in [0.2, 0.25) is 5.91 Å². The van der Waals surface area contributed by atoms with Gasteiger partial charge in [-0.3, -0.25) is 14.4 Å². The van der Waals surface area contributed by atoms with Crippen molar-refractivity contribution in [3.63, 3.8) is 0 Å². The number of alkyl halides is 1. The van der Waals surface area contributed by atoms with Crippen LogP contribution in [0.1, 0.15) is 26.7 Å². The van der Waals surface area contributed by atoms with E-state index in [2.05, 4.69) is 15.9 Å². The van der Waals surface area contributed by atoms with Crippen LogP contribution in [0.4, 0.5) is 0 Å². The van der Waals surface area contributed by atoms with Crippen molar-refractivity contribution in [2.45, 2.75) is 43.1 Å². The van der Waals surface area contributed by atoms with Gasteiger partial charge >= 0.3 is 0 Å². The molecule has 0 bridgehead atoms. The van der Waals surface area contributed by atoms with Crippen molar-refractivity contribution < 1.29 is 14.4 Å². The third-order valence-corrected chi connectivity index (χ3v) is 4.77. The molecule has 96 valence electrons. The summed E-state index contributed by atoms with van der Waals surface area (Å²) in [5.74, 6) is -0.144. The lowest BCUT2D eigenvalue weighted by Crippen LogP contribution is -2.51. The normalized spacial score (nSPS) is 38.4. The topological polar surface area (TPSA) is 49.9 Å². The molecule has 2 amide bonds. The molecule has 5 nitrogen and oxygen atoms in total. The third-order valence-electron chi connectivity index (χ3n) is 3.77. The first-order chi connectivity index (χ1) is 7.91. The number of carbonyl (C=O) groups is 2. The minimum atomic E-state index is -0.794. The lowest BCUT2D eigenvalue weighted by molar-refractivity contribution is -0.189. The summed E-state index contributed by atoms with van der Waals surface area (Å²) in [5, 5.41) is 1.32. The molecule has 2 fully saturated rings. The lowest BCUT2D eigenvalue weighted by Gasteiger charge is -2.33. The summed E-state index contributed by atoms with van der Waals surface area (Å²) < 4.78 is -0.794. The van der Waals surface area contributed by atoms with Crippen LogP contribution in [0.3, 0.4) is 0 Å². The van der Waals surface area contributed by atoms with Crippen LogP contribution in [0, 0.1) is 0 Å². The quantitative estimate of drug-likeness (QED) is 0.677. The van der Waals surface area contributed by atoms with Gasteiger partial charge in [-0.15, -0.1) is 0 Å². The number of fused-ring (bicyclic) bond motifs is 1. The fraction of sp³-hybridized carbons (Fsp3) is 0.818. The number of nitrogens with zero attached hydrogens (tertiary/aromatic N) is 2. The second-order valence-corrected chi connectivity index (χ2v) is 6.40. The Morgan fingerprint density at radius 2 is 2.12 bits per heavy atom. The molecule has 2 saturated heterocycles. The van der Waals surface area contributed by atoms with E-state index in [1.54, 1.807) is 11.8 Å². The Hall–Kier alpha value is -0.620. The number of halogens is 1. The standard InChI is InChI=1S/C11H17BrN2O3/c1-7-11(2,12)10(16)13-6-4-5-8(13)9(15)14(7)17-3/h7-8H,4-6H2,1-3H3/t7-,8-,11-/m0/s1. The van der Waals surface area contributed by atoms with Crippen molar-refractivity contribution >= 4 is 27.7 Å². The summed E-state index contributed by atoms with van der Waals surface area (Å²) in [6, 6.07) is -0.692. The van der Waals surface area contributed by atoms with Gasteiger partial charge in [0.15, 0.2) is 0 Å². The second kappa shape index (κ2) is 4.24. The Morgan fingerprint density at radius 3 is 2.71 bits per heavy atom. The lowest BCUT2D eigenvalue weighted by atomic mass is 10.0. The van der Waals surface area contributed by atoms with Crippen molar-refractivity contribution in [3.05, 3.63) is 0 Å². The Bertz CT molecular complexity index is 359. The molecule has 0 aromatic rings. The first-order valence-corrected chi connectivity index (χ1v) is 6.57. The molecule has 2 aliphatic rings. The fourth-order valence-electron chi connectivity index (χ4n) is 2.53. The Balaban J connectivity index is 2.44. The maximum Gasteiger partial charge on any atom is 0.269 e. The Morgan fingerprint density at radius 1 is 1.47 bits per heavy atom. The molecule has 17 heavy (non-hydrogen) atoms. The first-order valence-electron chi connectivity index (χ1n) is 5.78. The van der Waals surface area contributed by atoms with Gasteiger partial charge in [0, 0.05) is 6.54 Å². The summed E-state index contributed by atoms with van der Waals surface area (Å²) >= 11 is 3.45. The molecule has 0 aliphatic carbocycles. The van der Waals surface area contributed by atoms with Crippen LogP contribution >= 0.6 is 15.9 Å². The Kier molecular flexibility index (Phi) is 3.20. The zero-order valence-corrected chi connectivity index (χ0v) is 11.9. The number of carbonyl (C=O) groups excluding carboxylic acids is 2. The summed E-state index contributed by atoms with van der Waals surface area (Å²) in [4.78, 5) is 31.5. The van der Waals surface area contributed by atoms with Gasteiger partial charge in [0.05, 0.1) is 13.2 Å². The van der Waals surface area contributed by atoms with Gasteiger partial charge in [0.1, 0.15) is 10.4 Å². The minimum Gasteiger partial charge on any atom is -0.329 e. The van der Waals surface area contributed by atoms with E-state index in [0.29, 0.717) is 6.54 Å². The molecular formula is C11H17BrN2O3. The van der Waals surface area contributed by atoms with E-state index in [0.717, 1.165) is 12.8 Å². The molecule has 2 rings (SSSR count). The molecule has 3 atom stereocenters. The van der Waals surface area contributed by atoms with Crippen LogP contribution in [0.15, 0.2) is 0 Å².